The number of carbonyl (C=O) groups is 1. The quantitative estimate of drug-likeness (QED) is 0.733. The number of ether oxygens (including phenoxy) is 1. The summed E-state index contributed by atoms with van der Waals surface area (Å²) in [6, 6.07) is 7.82. The lowest BCUT2D eigenvalue weighted by molar-refractivity contribution is -0.137. The van der Waals surface area contributed by atoms with Crippen LogP contribution in [0.1, 0.15) is 5.56 Å². The second-order valence-electron chi connectivity index (χ2n) is 3.05. The number of rotatable bonds is 2. The highest BCUT2D eigenvalue weighted by Gasteiger charge is 2.07. The van der Waals surface area contributed by atoms with E-state index in [0.29, 0.717) is 0 Å². The molecule has 0 aliphatic rings. The zero-order valence-electron chi connectivity index (χ0n) is 7.62. The molecule has 14 heavy (non-hydrogen) atoms. The SMILES string of the molecule is [CH2]OC(=O)Cc1c[nH]c2ccccc12. The second-order valence-corrected chi connectivity index (χ2v) is 3.05. The van der Waals surface area contributed by atoms with Crippen molar-refractivity contribution in [3.05, 3.63) is 43.1 Å². The number of H-pyrrole nitrogens is 1. The summed E-state index contributed by atoms with van der Waals surface area (Å²) in [6.45, 7) is 0. The monoisotopic (exact) mass is 188 g/mol. The van der Waals surface area contributed by atoms with E-state index in [9.17, 15) is 4.79 Å². The summed E-state index contributed by atoms with van der Waals surface area (Å²) in [5.41, 5.74) is 1.97. The van der Waals surface area contributed by atoms with Crippen LogP contribution >= 0.6 is 0 Å². The predicted octanol–water partition coefficient (Wildman–Crippen LogP) is 2.05. The van der Waals surface area contributed by atoms with Crippen LogP contribution in [0, 0.1) is 7.11 Å². The lowest BCUT2D eigenvalue weighted by Crippen LogP contribution is -2.02. The van der Waals surface area contributed by atoms with Crippen LogP contribution in [0.15, 0.2) is 30.5 Å². The Balaban J connectivity index is 2.38. The van der Waals surface area contributed by atoms with Gasteiger partial charge in [-0.2, -0.15) is 0 Å². The Morgan fingerprint density at radius 1 is 1.43 bits per heavy atom. The van der Waals surface area contributed by atoms with E-state index < -0.39 is 0 Å². The van der Waals surface area contributed by atoms with Gasteiger partial charge in [-0.15, -0.1) is 0 Å². The minimum atomic E-state index is -0.324. The number of carbonyl (C=O) groups excluding carboxylic acids is 1. The third-order valence-corrected chi connectivity index (χ3v) is 2.17. The Bertz CT molecular complexity index is 459. The summed E-state index contributed by atoms with van der Waals surface area (Å²) in [6.07, 6.45) is 2.08. The van der Waals surface area contributed by atoms with Crippen LogP contribution in [0.4, 0.5) is 0 Å². The van der Waals surface area contributed by atoms with Gasteiger partial charge in [0.25, 0.3) is 0 Å². The number of fused-ring (bicyclic) bond motifs is 1. The van der Waals surface area contributed by atoms with Gasteiger partial charge in [-0.25, -0.2) is 0 Å². The molecular formula is C11H10NO2. The Labute approximate surface area is 81.7 Å². The molecule has 0 unspecified atom stereocenters. The lowest BCUT2D eigenvalue weighted by atomic mass is 10.1. The van der Waals surface area contributed by atoms with Gasteiger partial charge in [0.1, 0.15) is 7.11 Å². The molecule has 3 heteroatoms. The minimum absolute atomic E-state index is 0.257. The Morgan fingerprint density at radius 3 is 3.00 bits per heavy atom. The van der Waals surface area contributed by atoms with Gasteiger partial charge in [-0.05, 0) is 11.6 Å². The topological polar surface area (TPSA) is 42.1 Å². The van der Waals surface area contributed by atoms with Crippen LogP contribution < -0.4 is 0 Å². The molecule has 0 atom stereocenters. The van der Waals surface area contributed by atoms with Gasteiger partial charge in [0.2, 0.25) is 0 Å². The molecule has 0 amide bonds. The van der Waals surface area contributed by atoms with E-state index >= 15 is 0 Å². The van der Waals surface area contributed by atoms with E-state index in [0.717, 1.165) is 16.5 Å². The van der Waals surface area contributed by atoms with Crippen molar-refractivity contribution in [2.45, 2.75) is 6.42 Å². The number of benzene rings is 1. The van der Waals surface area contributed by atoms with Crippen molar-refractivity contribution in [2.75, 3.05) is 0 Å². The van der Waals surface area contributed by atoms with Crippen molar-refractivity contribution in [2.24, 2.45) is 0 Å². The van der Waals surface area contributed by atoms with Crippen molar-refractivity contribution in [1.29, 1.82) is 0 Å². The number of hydrogen-bond acceptors (Lipinski definition) is 2. The number of para-hydroxylation sites is 1. The molecule has 0 aliphatic carbocycles. The molecule has 1 aromatic carbocycles. The maximum Gasteiger partial charge on any atom is 0.310 e. The van der Waals surface area contributed by atoms with Crippen LogP contribution in [0.5, 0.6) is 0 Å². The summed E-state index contributed by atoms with van der Waals surface area (Å²) in [4.78, 5) is 14.1. The maximum atomic E-state index is 11.0. The summed E-state index contributed by atoms with van der Waals surface area (Å²) in [7, 11) is 3.09. The first-order chi connectivity index (χ1) is 6.81. The van der Waals surface area contributed by atoms with Gasteiger partial charge in [0.05, 0.1) is 6.42 Å². The Hall–Kier alpha value is -1.77. The van der Waals surface area contributed by atoms with Crippen molar-refractivity contribution in [3.63, 3.8) is 0 Å². The Morgan fingerprint density at radius 2 is 2.21 bits per heavy atom. The number of hydrogen-bond donors (Lipinski definition) is 1. The average Bonchev–Trinajstić information content (AvgIpc) is 2.62. The molecule has 1 radical (unpaired) electrons. The highest BCUT2D eigenvalue weighted by Crippen LogP contribution is 2.18. The number of aromatic amines is 1. The molecule has 3 nitrogen and oxygen atoms in total. The molecular weight excluding hydrogens is 178 g/mol. The van der Waals surface area contributed by atoms with E-state index in [1.54, 1.807) is 0 Å². The van der Waals surface area contributed by atoms with Crippen molar-refractivity contribution in [1.82, 2.24) is 4.98 Å². The normalized spacial score (nSPS) is 10.4. The third kappa shape index (κ3) is 1.48. The van der Waals surface area contributed by atoms with E-state index in [1.807, 2.05) is 30.5 Å². The van der Waals surface area contributed by atoms with Crippen molar-refractivity contribution < 1.29 is 9.53 Å². The minimum Gasteiger partial charge on any atom is -0.462 e. The maximum absolute atomic E-state index is 11.0. The highest BCUT2D eigenvalue weighted by molar-refractivity contribution is 5.87. The molecule has 1 heterocycles. The van der Waals surface area contributed by atoms with Gasteiger partial charge in [0.15, 0.2) is 0 Å². The second kappa shape index (κ2) is 3.54. The van der Waals surface area contributed by atoms with E-state index in [-0.39, 0.29) is 12.4 Å². The summed E-state index contributed by atoms with van der Waals surface area (Å²) < 4.78 is 4.37. The lowest BCUT2D eigenvalue weighted by Gasteiger charge is -1.96. The molecule has 0 saturated heterocycles. The molecule has 0 fully saturated rings. The van der Waals surface area contributed by atoms with Gasteiger partial charge < -0.3 is 9.72 Å². The summed E-state index contributed by atoms with van der Waals surface area (Å²) >= 11 is 0. The number of nitrogens with one attached hydrogen (secondary N) is 1. The molecule has 0 spiro atoms. The largest absolute Gasteiger partial charge is 0.462 e. The third-order valence-electron chi connectivity index (χ3n) is 2.17. The smallest absolute Gasteiger partial charge is 0.310 e. The first kappa shape index (κ1) is 8.81. The first-order valence-corrected chi connectivity index (χ1v) is 4.31. The zero-order chi connectivity index (χ0) is 9.97. The highest BCUT2D eigenvalue weighted by atomic mass is 16.5. The van der Waals surface area contributed by atoms with Crippen LogP contribution in [-0.4, -0.2) is 11.0 Å². The summed E-state index contributed by atoms with van der Waals surface area (Å²) in [5.74, 6) is -0.324. The van der Waals surface area contributed by atoms with Crippen molar-refractivity contribution >= 4 is 16.9 Å². The summed E-state index contributed by atoms with van der Waals surface area (Å²) in [5, 5.41) is 1.05. The fraction of sp³-hybridized carbons (Fsp3) is 0.0909. The molecule has 1 N–H and O–H groups in total. The van der Waals surface area contributed by atoms with Crippen LogP contribution in [0.3, 0.4) is 0 Å². The van der Waals surface area contributed by atoms with E-state index in [4.69, 9.17) is 0 Å². The Kier molecular flexibility index (Phi) is 2.23. The average molecular weight is 188 g/mol. The predicted molar refractivity (Wildman–Crippen MR) is 53.5 cm³/mol. The fourth-order valence-electron chi connectivity index (χ4n) is 1.48. The number of aromatic nitrogens is 1. The first-order valence-electron chi connectivity index (χ1n) is 4.31. The van der Waals surface area contributed by atoms with Crippen LogP contribution in [-0.2, 0) is 16.0 Å². The van der Waals surface area contributed by atoms with E-state index in [1.165, 1.54) is 0 Å². The van der Waals surface area contributed by atoms with Gasteiger partial charge in [-0.3, -0.25) is 4.79 Å². The molecule has 0 bridgehead atoms. The van der Waals surface area contributed by atoms with Gasteiger partial charge in [-0.1, -0.05) is 18.2 Å². The van der Waals surface area contributed by atoms with Crippen molar-refractivity contribution in [3.8, 4) is 0 Å². The van der Waals surface area contributed by atoms with Crippen LogP contribution in [0.2, 0.25) is 0 Å². The van der Waals surface area contributed by atoms with Gasteiger partial charge in [0, 0.05) is 17.1 Å². The molecule has 71 valence electrons. The molecule has 0 saturated carbocycles. The standard InChI is InChI=1S/C11H10NO2/c1-14-11(13)6-8-7-12-10-5-3-2-4-9(8)10/h2-5,7,12H,1,6H2. The molecule has 2 rings (SSSR count). The molecule has 0 aliphatic heterocycles. The molecule has 2 aromatic rings. The molecule has 1 aromatic heterocycles. The van der Waals surface area contributed by atoms with E-state index in [2.05, 4.69) is 16.8 Å². The zero-order valence-corrected chi connectivity index (χ0v) is 7.62. The van der Waals surface area contributed by atoms with Gasteiger partial charge >= 0.3 is 5.97 Å². The number of esters is 1. The van der Waals surface area contributed by atoms with Crippen LogP contribution in [0.25, 0.3) is 10.9 Å². The fourth-order valence-corrected chi connectivity index (χ4v) is 1.48.